The van der Waals surface area contributed by atoms with Crippen molar-refractivity contribution in [3.63, 3.8) is 0 Å². The van der Waals surface area contributed by atoms with Crippen LogP contribution in [0, 0.1) is 0 Å². The summed E-state index contributed by atoms with van der Waals surface area (Å²) < 4.78 is 37.6. The lowest BCUT2D eigenvalue weighted by Crippen LogP contribution is -2.33. The van der Waals surface area contributed by atoms with E-state index in [0.29, 0.717) is 22.7 Å². The Morgan fingerprint density at radius 3 is 2.52 bits per heavy atom. The maximum atomic E-state index is 12.4. The van der Waals surface area contributed by atoms with Gasteiger partial charge in [-0.2, -0.15) is 0 Å². The number of carbonyl (C=O) groups excluding carboxylic acids is 1. The summed E-state index contributed by atoms with van der Waals surface area (Å²) in [6, 6.07) is 22.1. The molecule has 4 rings (SSSR count). The fraction of sp³-hybridized carbons (Fsp3) is 0.136. The van der Waals surface area contributed by atoms with E-state index < -0.39 is 15.9 Å². The molecular formula is C22H20N2O5S2. The molecule has 0 bridgehead atoms. The van der Waals surface area contributed by atoms with E-state index in [1.807, 2.05) is 48.5 Å². The number of fused-ring (bicyclic) bond motifs is 1. The van der Waals surface area contributed by atoms with Gasteiger partial charge in [-0.05, 0) is 42.0 Å². The quantitative estimate of drug-likeness (QED) is 0.538. The van der Waals surface area contributed by atoms with Gasteiger partial charge in [0.25, 0.3) is 0 Å². The van der Waals surface area contributed by atoms with Gasteiger partial charge >= 0.3 is 0 Å². The lowest BCUT2D eigenvalue weighted by Gasteiger charge is -2.12. The zero-order valence-electron chi connectivity index (χ0n) is 16.4. The van der Waals surface area contributed by atoms with Crippen LogP contribution in [0.25, 0.3) is 0 Å². The average Bonchev–Trinajstić information content (AvgIpc) is 3.22. The summed E-state index contributed by atoms with van der Waals surface area (Å²) in [5.74, 6) is 0.381. The van der Waals surface area contributed by atoms with Crippen molar-refractivity contribution < 1.29 is 22.7 Å². The third kappa shape index (κ3) is 5.78. The van der Waals surface area contributed by atoms with E-state index >= 15 is 0 Å². The van der Waals surface area contributed by atoms with E-state index in [-0.39, 0.29) is 19.1 Å². The van der Waals surface area contributed by atoms with Gasteiger partial charge in [0.05, 0.1) is 18.0 Å². The monoisotopic (exact) mass is 456 g/mol. The number of sulfonamides is 1. The summed E-state index contributed by atoms with van der Waals surface area (Å²) in [6.07, 6.45) is 0. The summed E-state index contributed by atoms with van der Waals surface area (Å²) in [4.78, 5) is 14.3. The van der Waals surface area contributed by atoms with Gasteiger partial charge in [0.15, 0.2) is 11.5 Å². The van der Waals surface area contributed by atoms with Crippen LogP contribution in [0.2, 0.25) is 0 Å². The molecule has 1 aliphatic heterocycles. The van der Waals surface area contributed by atoms with E-state index in [9.17, 15) is 13.2 Å². The van der Waals surface area contributed by atoms with Crippen molar-refractivity contribution in [2.45, 2.75) is 15.5 Å². The number of hydrogen-bond acceptors (Lipinski definition) is 6. The zero-order valence-corrected chi connectivity index (χ0v) is 18.0. The molecule has 3 aromatic rings. The van der Waals surface area contributed by atoms with Crippen LogP contribution >= 0.6 is 11.8 Å². The molecule has 0 atom stereocenters. The standard InChI is InChI=1S/C22H20N2O5S2/c25-22(24-18-8-4-5-9-21(18)30-17-6-2-1-3-7-17)13-23-31(26,27)14-16-10-11-19-20(12-16)29-15-28-19/h1-12,23H,13-15H2,(H,24,25). The topological polar surface area (TPSA) is 93.7 Å². The number of anilines is 1. The number of ether oxygens (including phenoxy) is 2. The molecule has 0 saturated carbocycles. The van der Waals surface area contributed by atoms with Crippen molar-refractivity contribution >= 4 is 33.4 Å². The van der Waals surface area contributed by atoms with Crippen molar-refractivity contribution in [2.24, 2.45) is 0 Å². The molecule has 1 amide bonds. The Morgan fingerprint density at radius 1 is 0.935 bits per heavy atom. The van der Waals surface area contributed by atoms with Gasteiger partial charge in [0.1, 0.15) is 0 Å². The Labute approximate surface area is 184 Å². The predicted molar refractivity (Wildman–Crippen MR) is 119 cm³/mol. The molecule has 9 heteroatoms. The Morgan fingerprint density at radius 2 is 1.68 bits per heavy atom. The van der Waals surface area contributed by atoms with Crippen molar-refractivity contribution in [1.82, 2.24) is 4.72 Å². The summed E-state index contributed by atoms with van der Waals surface area (Å²) in [6.45, 7) is -0.245. The Hall–Kier alpha value is -3.01. The largest absolute Gasteiger partial charge is 0.454 e. The lowest BCUT2D eigenvalue weighted by atomic mass is 10.2. The van der Waals surface area contributed by atoms with Crippen LogP contribution in [0.1, 0.15) is 5.56 Å². The highest BCUT2D eigenvalue weighted by molar-refractivity contribution is 7.99. The molecule has 0 spiro atoms. The number of nitrogens with one attached hydrogen (secondary N) is 2. The average molecular weight is 457 g/mol. The number of amides is 1. The maximum absolute atomic E-state index is 12.4. The number of hydrogen-bond donors (Lipinski definition) is 2. The Kier molecular flexibility index (Phi) is 6.45. The molecule has 160 valence electrons. The number of para-hydroxylation sites is 1. The molecule has 0 fully saturated rings. The molecule has 2 N–H and O–H groups in total. The first-order valence-corrected chi connectivity index (χ1v) is 11.9. The third-order valence-electron chi connectivity index (χ3n) is 4.38. The van der Waals surface area contributed by atoms with Gasteiger partial charge in [-0.25, -0.2) is 13.1 Å². The highest BCUT2D eigenvalue weighted by Crippen LogP contribution is 2.34. The molecule has 0 saturated heterocycles. The molecule has 0 aromatic heterocycles. The highest BCUT2D eigenvalue weighted by Gasteiger charge is 2.18. The minimum Gasteiger partial charge on any atom is -0.454 e. The van der Waals surface area contributed by atoms with Crippen LogP contribution in [-0.4, -0.2) is 27.7 Å². The van der Waals surface area contributed by atoms with Gasteiger partial charge < -0.3 is 14.8 Å². The van der Waals surface area contributed by atoms with Gasteiger partial charge in [0.2, 0.25) is 22.7 Å². The molecule has 0 unspecified atom stereocenters. The van der Waals surface area contributed by atoms with Gasteiger partial charge in [-0.1, -0.05) is 48.2 Å². The molecule has 0 aliphatic carbocycles. The van der Waals surface area contributed by atoms with Crippen LogP contribution in [-0.2, 0) is 20.6 Å². The fourth-order valence-electron chi connectivity index (χ4n) is 2.95. The first-order valence-electron chi connectivity index (χ1n) is 9.46. The van der Waals surface area contributed by atoms with Crippen LogP contribution in [0.5, 0.6) is 11.5 Å². The summed E-state index contributed by atoms with van der Waals surface area (Å²) in [5.41, 5.74) is 1.16. The van der Waals surface area contributed by atoms with Crippen LogP contribution < -0.4 is 19.5 Å². The molecule has 1 heterocycles. The van der Waals surface area contributed by atoms with E-state index in [4.69, 9.17) is 9.47 Å². The van der Waals surface area contributed by atoms with Gasteiger partial charge in [0, 0.05) is 9.79 Å². The summed E-state index contributed by atoms with van der Waals surface area (Å²) in [7, 11) is -3.71. The third-order valence-corrected chi connectivity index (χ3v) is 6.76. The van der Waals surface area contributed by atoms with Gasteiger partial charge in [-0.3, -0.25) is 4.79 Å². The van der Waals surface area contributed by atoms with Crippen LogP contribution in [0.4, 0.5) is 5.69 Å². The van der Waals surface area contributed by atoms with Crippen molar-refractivity contribution in [2.75, 3.05) is 18.7 Å². The first-order chi connectivity index (χ1) is 15.0. The van der Waals surface area contributed by atoms with Crippen LogP contribution in [0.3, 0.4) is 0 Å². The molecule has 1 aliphatic rings. The Balaban J connectivity index is 1.35. The molecule has 3 aromatic carbocycles. The fourth-order valence-corrected chi connectivity index (χ4v) is 4.94. The summed E-state index contributed by atoms with van der Waals surface area (Å²) in [5, 5.41) is 2.78. The SMILES string of the molecule is O=C(CNS(=O)(=O)Cc1ccc2c(c1)OCO2)Nc1ccccc1Sc1ccccc1. The number of carbonyl (C=O) groups is 1. The van der Waals surface area contributed by atoms with E-state index in [0.717, 1.165) is 9.79 Å². The normalized spacial score (nSPS) is 12.5. The molecule has 7 nitrogen and oxygen atoms in total. The van der Waals surface area contributed by atoms with E-state index in [1.54, 1.807) is 24.3 Å². The van der Waals surface area contributed by atoms with E-state index in [2.05, 4.69) is 10.0 Å². The van der Waals surface area contributed by atoms with Crippen molar-refractivity contribution in [3.8, 4) is 11.5 Å². The first kappa shape index (κ1) is 21.2. The smallest absolute Gasteiger partial charge is 0.239 e. The number of rotatable bonds is 8. The molecular weight excluding hydrogens is 436 g/mol. The van der Waals surface area contributed by atoms with Crippen LogP contribution in [0.15, 0.2) is 82.6 Å². The Bertz CT molecular complexity index is 1180. The zero-order chi connectivity index (χ0) is 21.7. The second-order valence-electron chi connectivity index (χ2n) is 6.73. The number of benzene rings is 3. The minimum absolute atomic E-state index is 0.119. The maximum Gasteiger partial charge on any atom is 0.239 e. The van der Waals surface area contributed by atoms with Gasteiger partial charge in [-0.15, -0.1) is 0 Å². The predicted octanol–water partition coefficient (Wildman–Crippen LogP) is 3.62. The second kappa shape index (κ2) is 9.42. The highest BCUT2D eigenvalue weighted by atomic mass is 32.2. The molecule has 0 radical (unpaired) electrons. The van der Waals surface area contributed by atoms with E-state index in [1.165, 1.54) is 11.8 Å². The lowest BCUT2D eigenvalue weighted by molar-refractivity contribution is -0.115. The summed E-state index contributed by atoms with van der Waals surface area (Å²) >= 11 is 1.52. The molecule has 31 heavy (non-hydrogen) atoms. The van der Waals surface area contributed by atoms with Crippen molar-refractivity contribution in [3.05, 3.63) is 78.4 Å². The van der Waals surface area contributed by atoms with Crippen molar-refractivity contribution in [1.29, 1.82) is 0 Å². The minimum atomic E-state index is -3.71. The second-order valence-corrected chi connectivity index (χ2v) is 9.65.